The minimum Gasteiger partial charge on any atom is -0.491 e. The van der Waals surface area contributed by atoms with E-state index in [1.807, 2.05) is 24.3 Å². The van der Waals surface area contributed by atoms with Gasteiger partial charge in [0.1, 0.15) is 12.4 Å². The second-order valence-corrected chi connectivity index (χ2v) is 4.56. The van der Waals surface area contributed by atoms with Crippen molar-refractivity contribution in [2.45, 2.75) is 26.9 Å². The third-order valence-corrected chi connectivity index (χ3v) is 2.31. The summed E-state index contributed by atoms with van der Waals surface area (Å²) in [6, 6.07) is 7.47. The summed E-state index contributed by atoms with van der Waals surface area (Å²) in [6.07, 6.45) is -0.432. The molecule has 1 unspecified atom stereocenters. The maximum atomic E-state index is 9.35. The van der Waals surface area contributed by atoms with Crippen molar-refractivity contribution in [3.8, 4) is 5.75 Å². The summed E-state index contributed by atoms with van der Waals surface area (Å²) in [4.78, 5) is 0. The molecule has 1 N–H and O–H groups in total. The van der Waals surface area contributed by atoms with E-state index in [1.165, 1.54) is 0 Å². The van der Waals surface area contributed by atoms with Gasteiger partial charge in [-0.15, -0.1) is 0 Å². The van der Waals surface area contributed by atoms with Gasteiger partial charge in [-0.25, -0.2) is 0 Å². The lowest BCUT2D eigenvalue weighted by Gasteiger charge is -2.10. The zero-order valence-corrected chi connectivity index (χ0v) is 10.8. The fourth-order valence-electron chi connectivity index (χ4n) is 1.38. The quantitative estimate of drug-likeness (QED) is 0.742. The summed E-state index contributed by atoms with van der Waals surface area (Å²) in [5.74, 6) is 1.36. The summed E-state index contributed by atoms with van der Waals surface area (Å²) in [5.41, 5.74) is 0.897. The molecule has 0 aliphatic heterocycles. The molecular formula is C14H22O3. The number of rotatable bonds is 7. The number of aliphatic hydroxyl groups excluding tert-OH is 1. The van der Waals surface area contributed by atoms with Crippen LogP contribution in [0.4, 0.5) is 0 Å². The zero-order chi connectivity index (χ0) is 12.7. The van der Waals surface area contributed by atoms with Crippen LogP contribution in [-0.2, 0) is 4.74 Å². The van der Waals surface area contributed by atoms with Gasteiger partial charge in [0.15, 0.2) is 0 Å². The molecule has 0 spiro atoms. The van der Waals surface area contributed by atoms with Crippen LogP contribution in [0.1, 0.15) is 32.4 Å². The average Bonchev–Trinajstić information content (AvgIpc) is 2.29. The van der Waals surface area contributed by atoms with Gasteiger partial charge in [0.2, 0.25) is 0 Å². The van der Waals surface area contributed by atoms with Crippen molar-refractivity contribution >= 4 is 0 Å². The van der Waals surface area contributed by atoms with Crippen LogP contribution < -0.4 is 4.74 Å². The van der Waals surface area contributed by atoms with Crippen LogP contribution in [0.5, 0.6) is 5.75 Å². The molecule has 96 valence electrons. The van der Waals surface area contributed by atoms with Crippen LogP contribution >= 0.6 is 0 Å². The van der Waals surface area contributed by atoms with E-state index in [4.69, 9.17) is 9.47 Å². The average molecular weight is 238 g/mol. The fourth-order valence-corrected chi connectivity index (χ4v) is 1.38. The Balaban J connectivity index is 2.23. The standard InChI is InChI=1S/C14H22O3/c1-11(2)10-16-8-9-17-14-6-4-13(5-7-14)12(3)15/h4-7,11-12,15H,8-10H2,1-3H3. The third kappa shape index (κ3) is 5.71. The monoisotopic (exact) mass is 238 g/mol. The number of hydrogen-bond acceptors (Lipinski definition) is 3. The molecule has 0 bridgehead atoms. The third-order valence-electron chi connectivity index (χ3n) is 2.31. The normalized spacial score (nSPS) is 12.8. The molecule has 0 saturated heterocycles. The Labute approximate surface area is 103 Å². The second kappa shape index (κ2) is 7.30. The predicted molar refractivity (Wildman–Crippen MR) is 68.2 cm³/mol. The highest BCUT2D eigenvalue weighted by Crippen LogP contribution is 2.17. The van der Waals surface area contributed by atoms with Crippen molar-refractivity contribution in [3.63, 3.8) is 0 Å². The van der Waals surface area contributed by atoms with Crippen molar-refractivity contribution in [1.82, 2.24) is 0 Å². The molecular weight excluding hydrogens is 216 g/mol. The first-order valence-corrected chi connectivity index (χ1v) is 6.08. The fraction of sp³-hybridized carbons (Fsp3) is 0.571. The molecule has 0 aromatic heterocycles. The van der Waals surface area contributed by atoms with Gasteiger partial charge in [0, 0.05) is 6.61 Å². The summed E-state index contributed by atoms with van der Waals surface area (Å²) in [6.45, 7) is 7.92. The van der Waals surface area contributed by atoms with Crippen molar-refractivity contribution in [1.29, 1.82) is 0 Å². The first-order valence-electron chi connectivity index (χ1n) is 6.08. The predicted octanol–water partition coefficient (Wildman–Crippen LogP) is 2.79. The van der Waals surface area contributed by atoms with E-state index < -0.39 is 6.10 Å². The lowest BCUT2D eigenvalue weighted by molar-refractivity contribution is 0.0819. The number of benzene rings is 1. The molecule has 0 radical (unpaired) electrons. The SMILES string of the molecule is CC(C)COCCOc1ccc(C(C)O)cc1. The Kier molecular flexibility index (Phi) is 6.01. The van der Waals surface area contributed by atoms with E-state index in [1.54, 1.807) is 6.92 Å². The largest absolute Gasteiger partial charge is 0.491 e. The smallest absolute Gasteiger partial charge is 0.119 e. The topological polar surface area (TPSA) is 38.7 Å². The summed E-state index contributed by atoms with van der Waals surface area (Å²) < 4.78 is 10.9. The number of aliphatic hydroxyl groups is 1. The first kappa shape index (κ1) is 14.0. The Bertz CT molecular complexity index is 304. The summed E-state index contributed by atoms with van der Waals surface area (Å²) in [5, 5.41) is 9.35. The van der Waals surface area contributed by atoms with Gasteiger partial charge in [-0.05, 0) is 30.5 Å². The molecule has 3 heteroatoms. The van der Waals surface area contributed by atoms with Crippen LogP contribution in [0.25, 0.3) is 0 Å². The zero-order valence-electron chi connectivity index (χ0n) is 10.8. The van der Waals surface area contributed by atoms with E-state index in [9.17, 15) is 5.11 Å². The molecule has 1 aromatic carbocycles. The lowest BCUT2D eigenvalue weighted by atomic mass is 10.1. The van der Waals surface area contributed by atoms with Gasteiger partial charge in [-0.1, -0.05) is 26.0 Å². The summed E-state index contributed by atoms with van der Waals surface area (Å²) >= 11 is 0. The van der Waals surface area contributed by atoms with E-state index in [0.29, 0.717) is 19.1 Å². The van der Waals surface area contributed by atoms with Gasteiger partial charge >= 0.3 is 0 Å². The number of hydrogen-bond donors (Lipinski definition) is 1. The lowest BCUT2D eigenvalue weighted by Crippen LogP contribution is -2.10. The van der Waals surface area contributed by atoms with Gasteiger partial charge in [-0.3, -0.25) is 0 Å². The molecule has 1 aromatic rings. The Morgan fingerprint density at radius 1 is 1.06 bits per heavy atom. The molecule has 0 fully saturated rings. The van der Waals surface area contributed by atoms with Gasteiger partial charge in [0.25, 0.3) is 0 Å². The minimum atomic E-state index is -0.432. The Hall–Kier alpha value is -1.06. The highest BCUT2D eigenvalue weighted by molar-refractivity contribution is 5.28. The van der Waals surface area contributed by atoms with Crippen LogP contribution in [0.15, 0.2) is 24.3 Å². The Morgan fingerprint density at radius 2 is 1.71 bits per heavy atom. The maximum absolute atomic E-state index is 9.35. The van der Waals surface area contributed by atoms with Crippen LogP contribution in [-0.4, -0.2) is 24.9 Å². The number of ether oxygens (including phenoxy) is 2. The molecule has 0 aliphatic rings. The maximum Gasteiger partial charge on any atom is 0.119 e. The van der Waals surface area contributed by atoms with Crippen LogP contribution in [0, 0.1) is 5.92 Å². The molecule has 1 atom stereocenters. The van der Waals surface area contributed by atoms with Crippen LogP contribution in [0.2, 0.25) is 0 Å². The van der Waals surface area contributed by atoms with Crippen molar-refractivity contribution < 1.29 is 14.6 Å². The van der Waals surface area contributed by atoms with Crippen molar-refractivity contribution in [2.75, 3.05) is 19.8 Å². The van der Waals surface area contributed by atoms with E-state index >= 15 is 0 Å². The highest BCUT2D eigenvalue weighted by atomic mass is 16.5. The van der Waals surface area contributed by atoms with E-state index in [0.717, 1.165) is 17.9 Å². The minimum absolute atomic E-state index is 0.432. The molecule has 17 heavy (non-hydrogen) atoms. The van der Waals surface area contributed by atoms with Crippen molar-refractivity contribution in [3.05, 3.63) is 29.8 Å². The van der Waals surface area contributed by atoms with E-state index in [2.05, 4.69) is 13.8 Å². The molecule has 1 rings (SSSR count). The molecule has 3 nitrogen and oxygen atoms in total. The molecule has 0 amide bonds. The van der Waals surface area contributed by atoms with Gasteiger partial charge in [-0.2, -0.15) is 0 Å². The van der Waals surface area contributed by atoms with Gasteiger partial charge in [0.05, 0.1) is 12.7 Å². The Morgan fingerprint density at radius 3 is 2.24 bits per heavy atom. The molecule has 0 aliphatic carbocycles. The molecule has 0 saturated carbocycles. The van der Waals surface area contributed by atoms with E-state index in [-0.39, 0.29) is 0 Å². The second-order valence-electron chi connectivity index (χ2n) is 4.56. The van der Waals surface area contributed by atoms with Gasteiger partial charge < -0.3 is 14.6 Å². The first-order chi connectivity index (χ1) is 8.09. The van der Waals surface area contributed by atoms with Crippen LogP contribution in [0.3, 0.4) is 0 Å². The molecule has 0 heterocycles. The summed E-state index contributed by atoms with van der Waals surface area (Å²) in [7, 11) is 0. The highest BCUT2D eigenvalue weighted by Gasteiger charge is 2.00. The van der Waals surface area contributed by atoms with Crippen molar-refractivity contribution in [2.24, 2.45) is 5.92 Å².